The van der Waals surface area contributed by atoms with Crippen LogP contribution < -0.4 is 0 Å². The molecule has 0 aliphatic carbocycles. The van der Waals surface area contributed by atoms with Gasteiger partial charge in [0.2, 0.25) is 11.4 Å². The smallest absolute Gasteiger partial charge is 0.211 e. The van der Waals surface area contributed by atoms with Gasteiger partial charge in [0.05, 0.1) is 0 Å². The van der Waals surface area contributed by atoms with Crippen molar-refractivity contribution >= 4 is 11.4 Å². The van der Waals surface area contributed by atoms with E-state index < -0.39 is 0 Å². The third-order valence-corrected chi connectivity index (χ3v) is 11.3. The summed E-state index contributed by atoms with van der Waals surface area (Å²) in [6.07, 6.45) is 34.6. The lowest BCUT2D eigenvalue weighted by Gasteiger charge is -2.15. The van der Waals surface area contributed by atoms with E-state index in [0.29, 0.717) is 0 Å². The summed E-state index contributed by atoms with van der Waals surface area (Å²) in [5.41, 5.74) is 25.8. The van der Waals surface area contributed by atoms with E-state index in [1.165, 1.54) is 160 Å². The van der Waals surface area contributed by atoms with Crippen molar-refractivity contribution in [3.63, 3.8) is 0 Å². The molecule has 0 saturated carbocycles. The van der Waals surface area contributed by atoms with E-state index in [4.69, 9.17) is 0 Å². The standard InChI is InChI=1S/C50H80N2/c1-7-13-19-21-23-27-31-43-36-44(32-28-24-22-20-14-8-2)40-46(39-43)50-48(34-18-12-6)47(33-17-11-5)49(52(50)51)45-37-41(29-25-15-9-3)35-42(38-45)30-26-16-10-4/h35-40H,7-34H2,1-6H3. The fraction of sp³-hybridized carbons (Fsp3) is 0.680. The second kappa shape index (κ2) is 26.3. The summed E-state index contributed by atoms with van der Waals surface area (Å²) in [6.45, 7) is 13.8. The number of hydrogen-bond donors (Lipinski definition) is 0. The maximum absolute atomic E-state index is 12.6. The van der Waals surface area contributed by atoms with E-state index in [9.17, 15) is 5.53 Å². The summed E-state index contributed by atoms with van der Waals surface area (Å²) in [4.78, 5) is 0. The molecule has 0 atom stereocenters. The summed E-state index contributed by atoms with van der Waals surface area (Å²) >= 11 is 0. The number of hydrogen-bond acceptors (Lipinski definition) is 0. The second-order valence-corrected chi connectivity index (χ2v) is 16.2. The highest BCUT2D eigenvalue weighted by molar-refractivity contribution is 5.82. The predicted molar refractivity (Wildman–Crippen MR) is 230 cm³/mol. The topological polar surface area (TPSA) is 25.3 Å². The average molecular weight is 709 g/mol. The van der Waals surface area contributed by atoms with Crippen LogP contribution in [0.25, 0.3) is 16.9 Å². The Hall–Kier alpha value is -2.48. The maximum atomic E-state index is 12.6. The Bertz CT molecular complexity index is 1310. The molecule has 1 aliphatic rings. The van der Waals surface area contributed by atoms with Crippen LogP contribution in [0.1, 0.15) is 229 Å². The second-order valence-electron chi connectivity index (χ2n) is 16.2. The highest BCUT2D eigenvalue weighted by atomic mass is 15.2. The van der Waals surface area contributed by atoms with Gasteiger partial charge in [-0.15, -0.1) is 0 Å². The monoisotopic (exact) mass is 709 g/mol. The number of benzene rings is 2. The van der Waals surface area contributed by atoms with Gasteiger partial charge in [0.15, 0.2) is 0 Å². The first-order valence-corrected chi connectivity index (χ1v) is 22.7. The third-order valence-electron chi connectivity index (χ3n) is 11.3. The highest BCUT2D eigenvalue weighted by Gasteiger charge is 2.35. The SMILES string of the molecule is CCCCCCCCc1cc(CCCCCCCC)cc(C2=C(CCCC)C(CCCC)=C(c3cc(CCCCC)cc(CCCCC)c3)[N+]2=[N-])c1. The summed E-state index contributed by atoms with van der Waals surface area (Å²) in [5, 5.41) is 0. The molecule has 52 heavy (non-hydrogen) atoms. The zero-order valence-corrected chi connectivity index (χ0v) is 35.2. The van der Waals surface area contributed by atoms with E-state index >= 15 is 0 Å². The number of aryl methyl sites for hydroxylation is 4. The molecule has 2 nitrogen and oxygen atoms in total. The van der Waals surface area contributed by atoms with Crippen LogP contribution in [-0.2, 0) is 25.7 Å². The minimum Gasteiger partial charge on any atom is -0.493 e. The molecule has 0 unspecified atom stereocenters. The minimum atomic E-state index is 1.03. The van der Waals surface area contributed by atoms with Gasteiger partial charge in [-0.1, -0.05) is 156 Å². The van der Waals surface area contributed by atoms with Crippen molar-refractivity contribution < 1.29 is 4.70 Å². The lowest BCUT2D eigenvalue weighted by molar-refractivity contribution is -0.345. The Balaban J connectivity index is 2.09. The number of unbranched alkanes of at least 4 members (excludes halogenated alkanes) is 16. The Morgan fingerprint density at radius 2 is 0.596 bits per heavy atom. The molecule has 2 aromatic rings. The first kappa shape index (κ1) is 43.9. The van der Waals surface area contributed by atoms with Crippen LogP contribution in [0.5, 0.6) is 0 Å². The summed E-state index contributed by atoms with van der Waals surface area (Å²) in [5.74, 6) is 0. The van der Waals surface area contributed by atoms with Gasteiger partial charge in [0.25, 0.3) is 0 Å². The van der Waals surface area contributed by atoms with Crippen molar-refractivity contribution in [1.29, 1.82) is 0 Å². The lowest BCUT2D eigenvalue weighted by atomic mass is 9.90. The molecular formula is C50H80N2. The lowest BCUT2D eigenvalue weighted by Crippen LogP contribution is -2.05. The largest absolute Gasteiger partial charge is 0.493 e. The fourth-order valence-corrected chi connectivity index (χ4v) is 8.25. The molecule has 3 rings (SSSR count). The van der Waals surface area contributed by atoms with E-state index in [-0.39, 0.29) is 0 Å². The molecule has 0 bridgehead atoms. The molecule has 1 aliphatic heterocycles. The molecule has 0 saturated heterocycles. The normalized spacial score (nSPS) is 13.3. The molecule has 0 N–H and O–H groups in total. The van der Waals surface area contributed by atoms with Crippen LogP contribution in [0.4, 0.5) is 0 Å². The number of rotatable bonds is 30. The minimum absolute atomic E-state index is 1.03. The Kier molecular flexibility index (Phi) is 22.2. The molecule has 2 aromatic carbocycles. The van der Waals surface area contributed by atoms with Crippen LogP contribution in [0.2, 0.25) is 0 Å². The quantitative estimate of drug-likeness (QED) is 0.0570. The summed E-state index contributed by atoms with van der Waals surface area (Å²) in [6, 6.07) is 14.8. The van der Waals surface area contributed by atoms with E-state index in [2.05, 4.69) is 77.9 Å². The average Bonchev–Trinajstić information content (AvgIpc) is 3.43. The predicted octanol–water partition coefficient (Wildman–Crippen LogP) is 16.5. The first-order valence-electron chi connectivity index (χ1n) is 22.7. The van der Waals surface area contributed by atoms with Crippen LogP contribution >= 0.6 is 0 Å². The van der Waals surface area contributed by atoms with Crippen molar-refractivity contribution in [2.24, 2.45) is 0 Å². The molecule has 0 radical (unpaired) electrons. The molecule has 2 heteroatoms. The zero-order chi connectivity index (χ0) is 37.4. The van der Waals surface area contributed by atoms with Crippen LogP contribution in [0, 0.1) is 0 Å². The van der Waals surface area contributed by atoms with Gasteiger partial charge >= 0.3 is 0 Å². The molecule has 0 amide bonds. The first-order chi connectivity index (χ1) is 25.5. The van der Waals surface area contributed by atoms with Gasteiger partial charge in [-0.3, -0.25) is 0 Å². The molecule has 1 heterocycles. The van der Waals surface area contributed by atoms with Crippen LogP contribution in [-0.4, -0.2) is 4.70 Å². The van der Waals surface area contributed by atoms with Gasteiger partial charge < -0.3 is 5.53 Å². The van der Waals surface area contributed by atoms with Gasteiger partial charge in [-0.25, -0.2) is 4.70 Å². The third kappa shape index (κ3) is 14.7. The summed E-state index contributed by atoms with van der Waals surface area (Å²) in [7, 11) is 0. The van der Waals surface area contributed by atoms with Crippen molar-refractivity contribution in [3.8, 4) is 0 Å². The van der Waals surface area contributed by atoms with Gasteiger partial charge in [0, 0.05) is 22.3 Å². The van der Waals surface area contributed by atoms with E-state index in [1.807, 2.05) is 0 Å². The highest BCUT2D eigenvalue weighted by Crippen LogP contribution is 2.45. The van der Waals surface area contributed by atoms with Crippen LogP contribution in [0.15, 0.2) is 47.5 Å². The zero-order valence-electron chi connectivity index (χ0n) is 35.2. The molecular weight excluding hydrogens is 629 g/mol. The van der Waals surface area contributed by atoms with Gasteiger partial charge in [-0.05, 0) is 124 Å². The number of allylic oxidation sites excluding steroid dienone is 2. The fourth-order valence-electron chi connectivity index (χ4n) is 8.25. The molecule has 0 fully saturated rings. The van der Waals surface area contributed by atoms with Crippen molar-refractivity contribution in [2.75, 3.05) is 0 Å². The molecule has 0 aromatic heterocycles. The molecule has 0 spiro atoms. The Morgan fingerprint density at radius 3 is 0.923 bits per heavy atom. The van der Waals surface area contributed by atoms with E-state index in [1.54, 1.807) is 4.70 Å². The van der Waals surface area contributed by atoms with Crippen LogP contribution in [0.3, 0.4) is 0 Å². The van der Waals surface area contributed by atoms with Gasteiger partial charge in [-0.2, -0.15) is 0 Å². The Labute approximate surface area is 322 Å². The van der Waals surface area contributed by atoms with Crippen molar-refractivity contribution in [3.05, 3.63) is 86.5 Å². The summed E-state index contributed by atoms with van der Waals surface area (Å²) < 4.78 is 1.68. The maximum Gasteiger partial charge on any atom is 0.211 e. The van der Waals surface area contributed by atoms with E-state index in [0.717, 1.165) is 75.6 Å². The van der Waals surface area contributed by atoms with Gasteiger partial charge in [0.1, 0.15) is 0 Å². The van der Waals surface area contributed by atoms with Crippen molar-refractivity contribution in [2.45, 2.75) is 221 Å². The Morgan fingerprint density at radius 1 is 0.327 bits per heavy atom. The van der Waals surface area contributed by atoms with Crippen molar-refractivity contribution in [1.82, 2.24) is 0 Å². The number of nitrogens with zero attached hydrogens (tertiary/aromatic N) is 2. The molecule has 290 valence electrons.